The van der Waals surface area contributed by atoms with Crippen molar-refractivity contribution in [3.63, 3.8) is 0 Å². The van der Waals surface area contributed by atoms with Crippen LogP contribution < -0.4 is 5.73 Å². The van der Waals surface area contributed by atoms with Gasteiger partial charge in [0.1, 0.15) is 5.60 Å². The highest BCUT2D eigenvalue weighted by molar-refractivity contribution is 7.80. The Morgan fingerprint density at radius 1 is 1.10 bits per heavy atom. The van der Waals surface area contributed by atoms with Crippen molar-refractivity contribution >= 4 is 12.6 Å². The largest absolute Gasteiger partial charge is 0.377 e. The molecule has 0 aromatic carbocycles. The molecule has 5 rings (SSSR count). The van der Waals surface area contributed by atoms with Gasteiger partial charge in [-0.2, -0.15) is 12.6 Å². The van der Waals surface area contributed by atoms with E-state index in [1.54, 1.807) is 0 Å². The molecular weight excluding hydrogens is 378 g/mol. The lowest BCUT2D eigenvalue weighted by Gasteiger charge is -2.65. The predicted octanol–water partition coefficient (Wildman–Crippen LogP) is 4.24. The third-order valence-corrected chi connectivity index (χ3v) is 11.3. The van der Waals surface area contributed by atoms with E-state index in [1.807, 2.05) is 0 Å². The zero-order chi connectivity index (χ0) is 20.8. The Labute approximate surface area is 182 Å². The normalized spacial score (nSPS) is 60.1. The van der Waals surface area contributed by atoms with Gasteiger partial charge in [0.25, 0.3) is 0 Å². The molecule has 0 amide bonds. The van der Waals surface area contributed by atoms with Crippen LogP contribution in [0, 0.1) is 58.3 Å². The van der Waals surface area contributed by atoms with Gasteiger partial charge in [-0.15, -0.1) is 0 Å². The Morgan fingerprint density at radius 3 is 2.52 bits per heavy atom. The Bertz CT molecular complexity index is 762. The molecule has 0 bridgehead atoms. The first-order valence-corrected chi connectivity index (χ1v) is 12.5. The molecule has 162 valence electrons. The summed E-state index contributed by atoms with van der Waals surface area (Å²) < 4.78 is 6.75. The van der Waals surface area contributed by atoms with Gasteiger partial charge < -0.3 is 15.6 Å². The first-order valence-electron chi connectivity index (χ1n) is 12.0. The van der Waals surface area contributed by atoms with E-state index >= 15 is 0 Å². The molecule has 0 spiro atoms. The summed E-state index contributed by atoms with van der Waals surface area (Å²) >= 11 is 4.93. The molecule has 5 aliphatic rings. The lowest BCUT2D eigenvalue weighted by molar-refractivity contribution is -0.236. The molecule has 11 atom stereocenters. The quantitative estimate of drug-likeness (QED) is 0.358. The van der Waals surface area contributed by atoms with Crippen LogP contribution in [-0.2, 0) is 4.74 Å². The van der Waals surface area contributed by atoms with Crippen LogP contribution in [0.15, 0.2) is 0 Å². The second kappa shape index (κ2) is 6.33. The van der Waals surface area contributed by atoms with Gasteiger partial charge in [-0.25, -0.2) is 0 Å². The highest BCUT2D eigenvalue weighted by atomic mass is 32.1. The molecule has 6 unspecified atom stereocenters. The van der Waals surface area contributed by atoms with E-state index in [2.05, 4.69) is 39.7 Å². The molecule has 3 N–H and O–H groups in total. The number of fused-ring (bicyclic) bond motifs is 8. The number of thiol groups is 1. The van der Waals surface area contributed by atoms with Crippen LogP contribution in [0.4, 0.5) is 0 Å². The van der Waals surface area contributed by atoms with Crippen molar-refractivity contribution in [2.75, 3.05) is 6.61 Å². The first-order chi connectivity index (χ1) is 13.7. The summed E-state index contributed by atoms with van der Waals surface area (Å²) in [5.74, 6) is 6.63. The summed E-state index contributed by atoms with van der Waals surface area (Å²) in [5.41, 5.74) is 4.79. The molecule has 29 heavy (non-hydrogen) atoms. The fourth-order valence-electron chi connectivity index (χ4n) is 9.46. The lowest BCUT2D eigenvalue weighted by atomic mass is 9.43. The maximum absolute atomic E-state index is 11.7. The van der Waals surface area contributed by atoms with Crippen LogP contribution in [0.25, 0.3) is 0 Å². The smallest absolute Gasteiger partial charge is 0.135 e. The van der Waals surface area contributed by atoms with E-state index in [0.29, 0.717) is 28.9 Å². The molecule has 0 radical (unpaired) electrons. The van der Waals surface area contributed by atoms with Crippen molar-refractivity contribution in [2.45, 2.75) is 89.1 Å². The van der Waals surface area contributed by atoms with Gasteiger partial charge in [0.15, 0.2) is 0 Å². The molecule has 5 aliphatic carbocycles. The van der Waals surface area contributed by atoms with Crippen molar-refractivity contribution in [3.8, 4) is 12.0 Å². The number of hydrogen-bond donors (Lipinski definition) is 3. The number of nitrogens with two attached hydrogens (primary N) is 1. The van der Waals surface area contributed by atoms with Crippen molar-refractivity contribution in [1.29, 1.82) is 0 Å². The Morgan fingerprint density at radius 2 is 1.83 bits per heavy atom. The van der Waals surface area contributed by atoms with Crippen molar-refractivity contribution in [3.05, 3.63) is 0 Å². The SMILES string of the molecule is CCO[C@@]12C[C@@H](S)CC[C@]1(C)C1CC[C@@]3(C)C(CC(C)[C@@]3(O)C#CN)C1C1CC12. The molecule has 0 heterocycles. The number of hydrogen-bond acceptors (Lipinski definition) is 4. The van der Waals surface area contributed by atoms with E-state index < -0.39 is 5.60 Å². The topological polar surface area (TPSA) is 55.5 Å². The zero-order valence-corrected chi connectivity index (χ0v) is 19.5. The Balaban J connectivity index is 1.57. The summed E-state index contributed by atoms with van der Waals surface area (Å²) in [6, 6.07) is 2.58. The maximum Gasteiger partial charge on any atom is 0.135 e. The molecule has 5 saturated carbocycles. The lowest BCUT2D eigenvalue weighted by Crippen LogP contribution is -2.65. The monoisotopic (exact) mass is 417 g/mol. The molecule has 0 aromatic rings. The van der Waals surface area contributed by atoms with Gasteiger partial charge >= 0.3 is 0 Å². The minimum Gasteiger partial charge on any atom is -0.377 e. The summed E-state index contributed by atoms with van der Waals surface area (Å²) in [5, 5.41) is 12.2. The van der Waals surface area contributed by atoms with Crippen LogP contribution in [0.1, 0.15) is 72.6 Å². The number of aliphatic hydroxyl groups is 1. The van der Waals surface area contributed by atoms with Gasteiger partial charge in [-0.1, -0.05) is 20.8 Å². The number of rotatable bonds is 2. The molecule has 0 saturated heterocycles. The van der Waals surface area contributed by atoms with Gasteiger partial charge in [-0.3, -0.25) is 0 Å². The Hall–Kier alpha value is -0.370. The Kier molecular flexibility index (Phi) is 4.48. The van der Waals surface area contributed by atoms with Crippen LogP contribution in [0.2, 0.25) is 0 Å². The van der Waals surface area contributed by atoms with Crippen LogP contribution >= 0.6 is 12.6 Å². The van der Waals surface area contributed by atoms with E-state index in [1.165, 1.54) is 25.7 Å². The van der Waals surface area contributed by atoms with Gasteiger partial charge in [0.05, 0.1) is 5.60 Å². The predicted molar refractivity (Wildman–Crippen MR) is 119 cm³/mol. The molecule has 0 aromatic heterocycles. The average molecular weight is 418 g/mol. The molecular formula is C25H39NO2S. The summed E-state index contributed by atoms with van der Waals surface area (Å²) in [4.78, 5) is 0. The fraction of sp³-hybridized carbons (Fsp3) is 0.920. The second-order valence-electron chi connectivity index (χ2n) is 11.6. The number of ether oxygens (including phenoxy) is 1. The van der Waals surface area contributed by atoms with Gasteiger partial charge in [0.2, 0.25) is 0 Å². The molecule has 3 nitrogen and oxygen atoms in total. The minimum atomic E-state index is -0.945. The van der Waals surface area contributed by atoms with Crippen molar-refractivity contribution < 1.29 is 9.84 Å². The molecule has 0 aliphatic heterocycles. The van der Waals surface area contributed by atoms with Crippen LogP contribution in [0.5, 0.6) is 0 Å². The van der Waals surface area contributed by atoms with Gasteiger partial charge in [0, 0.05) is 28.7 Å². The standard InChI is InChI=1S/C25H39NO2S/c1-5-28-25-14-16(29)6-8-23(25,4)18-7-9-22(3)20(21(18)17-13-19(17)25)12-15(2)24(22,27)10-11-26/h15-21,27,29H,5-9,12-14,26H2,1-4H3/t15?,16-,17?,18?,19?,20?,21?,22-,23+,24-,25+/m0/s1. The third-order valence-electron chi connectivity index (χ3n) is 10.8. The van der Waals surface area contributed by atoms with E-state index in [4.69, 9.17) is 23.1 Å². The highest BCUT2D eigenvalue weighted by Crippen LogP contribution is 2.78. The van der Waals surface area contributed by atoms with E-state index in [-0.39, 0.29) is 22.3 Å². The van der Waals surface area contributed by atoms with Crippen molar-refractivity contribution in [2.24, 2.45) is 52.1 Å². The molecule has 5 fully saturated rings. The fourth-order valence-corrected chi connectivity index (χ4v) is 9.86. The minimum absolute atomic E-state index is 0.0174. The second-order valence-corrected chi connectivity index (χ2v) is 12.3. The molecule has 4 heteroatoms. The average Bonchev–Trinajstić information content (AvgIpc) is 3.43. The third kappa shape index (κ3) is 2.31. The summed E-state index contributed by atoms with van der Waals surface area (Å²) in [7, 11) is 0. The maximum atomic E-state index is 11.7. The zero-order valence-electron chi connectivity index (χ0n) is 18.6. The van der Waals surface area contributed by atoms with E-state index in [0.717, 1.165) is 31.8 Å². The summed E-state index contributed by atoms with van der Waals surface area (Å²) in [6.45, 7) is 10.0. The first kappa shape index (κ1) is 20.5. The van der Waals surface area contributed by atoms with Crippen LogP contribution in [-0.4, -0.2) is 28.2 Å². The van der Waals surface area contributed by atoms with Crippen LogP contribution in [0.3, 0.4) is 0 Å². The summed E-state index contributed by atoms with van der Waals surface area (Å²) in [6.07, 6.45) is 8.18. The van der Waals surface area contributed by atoms with Gasteiger partial charge in [-0.05, 0) is 93.3 Å². The van der Waals surface area contributed by atoms with E-state index in [9.17, 15) is 5.11 Å². The van der Waals surface area contributed by atoms with Crippen molar-refractivity contribution in [1.82, 2.24) is 0 Å². The highest BCUT2D eigenvalue weighted by Gasteiger charge is 2.77.